The van der Waals surface area contributed by atoms with Crippen LogP contribution in [0.15, 0.2) is 67.0 Å². The maximum atomic E-state index is 12.5. The van der Waals surface area contributed by atoms with Crippen LogP contribution in [0.5, 0.6) is 17.2 Å². The maximum absolute atomic E-state index is 12.5. The number of hydrogen-bond donors (Lipinski definition) is 4. The maximum Gasteiger partial charge on any atom is 0.315 e. The summed E-state index contributed by atoms with van der Waals surface area (Å²) in [5, 5.41) is 42.9. The van der Waals surface area contributed by atoms with Crippen LogP contribution in [0.4, 0.5) is 0 Å². The molecule has 5 rings (SSSR count). The van der Waals surface area contributed by atoms with Crippen molar-refractivity contribution < 1.29 is 39.1 Å². The SMILES string of the molecule is CCOC(=O)C1(CO)CCN(CCCOc2cccc(-c3cccc(COc4cc(OCc5cncc(C#N)c5)c(CNC(C)(CO)CO)cc4Cl)c3C)c2Cl)C1. The number of carbonyl (C=O) groups is 1. The van der Waals surface area contributed by atoms with E-state index in [0.717, 1.165) is 22.3 Å². The number of aliphatic hydroxyl groups excluding tert-OH is 3. The van der Waals surface area contributed by atoms with Crippen molar-refractivity contribution in [3.8, 4) is 34.4 Å². The van der Waals surface area contributed by atoms with E-state index in [0.29, 0.717) is 83.1 Å². The third kappa shape index (κ3) is 10.9. The van der Waals surface area contributed by atoms with Crippen LogP contribution in [-0.2, 0) is 29.3 Å². The Balaban J connectivity index is 1.26. The lowest BCUT2D eigenvalue weighted by Gasteiger charge is -2.27. The Morgan fingerprint density at radius 3 is 2.47 bits per heavy atom. The van der Waals surface area contributed by atoms with Crippen molar-refractivity contribution in [1.82, 2.24) is 15.2 Å². The number of aliphatic hydroxyl groups is 3. The number of benzene rings is 3. The van der Waals surface area contributed by atoms with Gasteiger partial charge in [0.25, 0.3) is 0 Å². The van der Waals surface area contributed by atoms with E-state index in [2.05, 4.69) is 21.3 Å². The van der Waals surface area contributed by atoms with Crippen molar-refractivity contribution in [2.75, 3.05) is 52.7 Å². The fourth-order valence-electron chi connectivity index (χ4n) is 6.60. The Labute approximate surface area is 343 Å². The number of ether oxygens (including phenoxy) is 4. The predicted molar refractivity (Wildman–Crippen MR) is 217 cm³/mol. The number of halogens is 2. The van der Waals surface area contributed by atoms with E-state index in [4.69, 9.17) is 42.1 Å². The highest BCUT2D eigenvalue weighted by atomic mass is 35.5. The van der Waals surface area contributed by atoms with Gasteiger partial charge in [-0.05, 0) is 75.0 Å². The number of rotatable bonds is 20. The van der Waals surface area contributed by atoms with Gasteiger partial charge in [0, 0.05) is 54.8 Å². The molecule has 4 aromatic rings. The second-order valence-corrected chi connectivity index (χ2v) is 15.3. The molecule has 0 aliphatic carbocycles. The molecule has 0 amide bonds. The lowest BCUT2D eigenvalue weighted by molar-refractivity contribution is -0.157. The Bertz CT molecular complexity index is 2040. The lowest BCUT2D eigenvalue weighted by atomic mass is 9.88. The van der Waals surface area contributed by atoms with Crippen LogP contribution in [-0.4, -0.2) is 89.4 Å². The largest absolute Gasteiger partial charge is 0.492 e. The van der Waals surface area contributed by atoms with E-state index in [1.165, 1.54) is 6.20 Å². The number of nitriles is 1. The summed E-state index contributed by atoms with van der Waals surface area (Å²) in [5.41, 5.74) is 3.59. The highest BCUT2D eigenvalue weighted by molar-refractivity contribution is 6.35. The number of likely N-dealkylation sites (tertiary alicyclic amines) is 1. The highest BCUT2D eigenvalue weighted by Crippen LogP contribution is 2.39. The van der Waals surface area contributed by atoms with Crippen LogP contribution < -0.4 is 19.5 Å². The molecule has 57 heavy (non-hydrogen) atoms. The van der Waals surface area contributed by atoms with Gasteiger partial charge in [-0.25, -0.2) is 0 Å². The number of aromatic nitrogens is 1. The minimum atomic E-state index is -0.933. The molecule has 1 aliphatic rings. The second kappa shape index (κ2) is 20.3. The van der Waals surface area contributed by atoms with E-state index >= 15 is 0 Å². The molecule has 304 valence electrons. The van der Waals surface area contributed by atoms with E-state index in [1.807, 2.05) is 43.3 Å². The van der Waals surface area contributed by atoms with Gasteiger partial charge in [-0.2, -0.15) is 5.26 Å². The minimum Gasteiger partial charge on any atom is -0.492 e. The molecule has 1 saturated heterocycles. The van der Waals surface area contributed by atoms with Crippen molar-refractivity contribution in [2.24, 2.45) is 5.41 Å². The minimum absolute atomic E-state index is 0.124. The first-order chi connectivity index (χ1) is 27.5. The number of carbonyl (C=O) groups excluding carboxylic acids is 1. The molecular formula is C43H50Cl2N4O8. The van der Waals surface area contributed by atoms with E-state index in [-0.39, 0.29) is 52.2 Å². The molecule has 4 N–H and O–H groups in total. The second-order valence-electron chi connectivity index (χ2n) is 14.5. The summed E-state index contributed by atoms with van der Waals surface area (Å²) in [6.45, 7) is 7.79. The predicted octanol–water partition coefficient (Wildman–Crippen LogP) is 6.24. The molecule has 0 bridgehead atoms. The molecule has 3 aromatic carbocycles. The van der Waals surface area contributed by atoms with Gasteiger partial charge >= 0.3 is 5.97 Å². The summed E-state index contributed by atoms with van der Waals surface area (Å²) in [4.78, 5) is 18.8. The number of esters is 1. The van der Waals surface area contributed by atoms with Crippen molar-refractivity contribution in [3.05, 3.63) is 105 Å². The van der Waals surface area contributed by atoms with Gasteiger partial charge in [-0.15, -0.1) is 0 Å². The summed E-state index contributed by atoms with van der Waals surface area (Å²) >= 11 is 13.7. The third-order valence-electron chi connectivity index (χ3n) is 10.2. The zero-order valence-corrected chi connectivity index (χ0v) is 34.0. The van der Waals surface area contributed by atoms with Crippen LogP contribution in [0.25, 0.3) is 11.1 Å². The van der Waals surface area contributed by atoms with Crippen LogP contribution in [0.2, 0.25) is 10.0 Å². The lowest BCUT2D eigenvalue weighted by Crippen LogP contribution is -2.48. The van der Waals surface area contributed by atoms with Crippen LogP contribution >= 0.6 is 23.2 Å². The molecule has 1 fully saturated rings. The summed E-state index contributed by atoms with van der Waals surface area (Å²) in [5.74, 6) is 1.08. The van der Waals surface area contributed by atoms with E-state index in [9.17, 15) is 25.4 Å². The quantitative estimate of drug-likeness (QED) is 0.0587. The number of hydrogen-bond acceptors (Lipinski definition) is 12. The fourth-order valence-corrected chi connectivity index (χ4v) is 7.12. The van der Waals surface area contributed by atoms with Gasteiger partial charge in [0.1, 0.15) is 41.9 Å². The first-order valence-electron chi connectivity index (χ1n) is 18.9. The van der Waals surface area contributed by atoms with Gasteiger partial charge in [-0.3, -0.25) is 9.78 Å². The Morgan fingerprint density at radius 2 is 1.74 bits per heavy atom. The van der Waals surface area contributed by atoms with Crippen LogP contribution in [0.3, 0.4) is 0 Å². The molecule has 1 unspecified atom stereocenters. The smallest absolute Gasteiger partial charge is 0.315 e. The first kappa shape index (κ1) is 43.7. The van der Waals surface area contributed by atoms with Gasteiger partial charge in [0.15, 0.2) is 0 Å². The normalized spacial score (nSPS) is 15.6. The van der Waals surface area contributed by atoms with E-state index < -0.39 is 11.0 Å². The Morgan fingerprint density at radius 1 is 0.982 bits per heavy atom. The summed E-state index contributed by atoms with van der Waals surface area (Å²) in [6, 6.07) is 18.8. The van der Waals surface area contributed by atoms with Gasteiger partial charge in [-0.1, -0.05) is 53.5 Å². The monoisotopic (exact) mass is 820 g/mol. The molecule has 1 aliphatic heterocycles. The van der Waals surface area contributed by atoms with Crippen molar-refractivity contribution in [1.29, 1.82) is 5.26 Å². The van der Waals surface area contributed by atoms with Crippen molar-refractivity contribution >= 4 is 29.2 Å². The Hall–Kier alpha value is -4.45. The standard InChI is InChI=1S/C43H50Cl2N4O8/c1-4-54-41(53)43(28-52)12-14-49(25-43)13-7-15-55-37-11-6-10-35(40(37)45)34-9-5-8-32(29(34)2)24-57-39-18-38(56-23-31-16-30(19-46)20-47-21-31)33(17-36(39)44)22-48-42(3,26-50)27-51/h5-6,8-11,16-18,20-21,48,50-52H,4,7,12-15,22-28H2,1-3H3. The summed E-state index contributed by atoms with van der Waals surface area (Å²) < 4.78 is 23.9. The molecular weight excluding hydrogens is 771 g/mol. The summed E-state index contributed by atoms with van der Waals surface area (Å²) in [7, 11) is 0. The molecule has 2 heterocycles. The van der Waals surface area contributed by atoms with Gasteiger partial charge in [0.2, 0.25) is 0 Å². The molecule has 0 spiro atoms. The zero-order valence-electron chi connectivity index (χ0n) is 32.5. The van der Waals surface area contributed by atoms with E-state index in [1.54, 1.807) is 38.2 Å². The average molecular weight is 822 g/mol. The summed E-state index contributed by atoms with van der Waals surface area (Å²) in [6.07, 6.45) is 4.37. The molecule has 1 atom stereocenters. The number of nitrogens with one attached hydrogen (secondary N) is 1. The molecule has 14 heteroatoms. The highest BCUT2D eigenvalue weighted by Gasteiger charge is 2.45. The van der Waals surface area contributed by atoms with Crippen molar-refractivity contribution in [2.45, 2.75) is 58.9 Å². The van der Waals surface area contributed by atoms with Crippen molar-refractivity contribution in [3.63, 3.8) is 0 Å². The molecule has 12 nitrogen and oxygen atoms in total. The average Bonchev–Trinajstić information content (AvgIpc) is 3.66. The molecule has 1 aromatic heterocycles. The van der Waals surface area contributed by atoms with Crippen LogP contribution in [0.1, 0.15) is 54.5 Å². The number of pyridine rings is 1. The van der Waals surface area contributed by atoms with Gasteiger partial charge in [0.05, 0.1) is 54.2 Å². The topological polar surface area (TPSA) is 167 Å². The van der Waals surface area contributed by atoms with Gasteiger partial charge < -0.3 is 44.5 Å². The van der Waals surface area contributed by atoms with Crippen LogP contribution in [0, 0.1) is 23.7 Å². The third-order valence-corrected chi connectivity index (χ3v) is 10.9. The zero-order chi connectivity index (χ0) is 41.0. The molecule has 0 saturated carbocycles. The first-order valence-corrected chi connectivity index (χ1v) is 19.6. The fraction of sp³-hybridized carbons (Fsp3) is 0.419. The Kier molecular flexibility index (Phi) is 15.6. The molecule has 0 radical (unpaired) electrons. The number of nitrogens with zero attached hydrogens (tertiary/aromatic N) is 3.